The minimum absolute atomic E-state index is 0.162. The van der Waals surface area contributed by atoms with Gasteiger partial charge in [-0.2, -0.15) is 0 Å². The van der Waals surface area contributed by atoms with Gasteiger partial charge in [0.15, 0.2) is 6.29 Å². The van der Waals surface area contributed by atoms with E-state index in [4.69, 9.17) is 11.6 Å². The monoisotopic (exact) mass is 198 g/mol. The molecule has 0 fully saturated rings. The van der Waals surface area contributed by atoms with Crippen molar-refractivity contribution >= 4 is 24.2 Å². The molecular formula is C10H11ClO2. The summed E-state index contributed by atoms with van der Waals surface area (Å²) in [5.74, 6) is 0. The molecule has 0 unspecified atom stereocenters. The van der Waals surface area contributed by atoms with Gasteiger partial charge in [-0.25, -0.2) is 0 Å². The van der Waals surface area contributed by atoms with Gasteiger partial charge in [-0.15, -0.1) is 0 Å². The van der Waals surface area contributed by atoms with Gasteiger partial charge >= 0.3 is 0 Å². The number of carbonyl (C=O) groups excluding carboxylic acids is 2. The normalized spacial score (nSPS) is 21.0. The van der Waals surface area contributed by atoms with Crippen LogP contribution in [0.3, 0.4) is 0 Å². The fourth-order valence-electron chi connectivity index (χ4n) is 1.47. The van der Waals surface area contributed by atoms with Crippen molar-refractivity contribution in [1.82, 2.24) is 0 Å². The quantitative estimate of drug-likeness (QED) is 0.638. The highest BCUT2D eigenvalue weighted by Gasteiger charge is 2.25. The van der Waals surface area contributed by atoms with E-state index in [1.807, 2.05) is 13.8 Å². The molecule has 0 radical (unpaired) electrons. The summed E-state index contributed by atoms with van der Waals surface area (Å²) in [6, 6.07) is 0. The van der Waals surface area contributed by atoms with Gasteiger partial charge in [0.2, 0.25) is 0 Å². The summed E-state index contributed by atoms with van der Waals surface area (Å²) in [5, 5.41) is 0.296. The summed E-state index contributed by atoms with van der Waals surface area (Å²) in [6.45, 7) is 3.92. The van der Waals surface area contributed by atoms with Crippen LogP contribution in [0.15, 0.2) is 22.3 Å². The molecule has 1 rings (SSSR count). The molecule has 0 aliphatic heterocycles. The molecule has 0 saturated carbocycles. The maximum absolute atomic E-state index is 10.6. The molecule has 0 bridgehead atoms. The van der Waals surface area contributed by atoms with Crippen molar-refractivity contribution in [2.45, 2.75) is 20.3 Å². The average Bonchev–Trinajstić information content (AvgIpc) is 2.08. The van der Waals surface area contributed by atoms with Gasteiger partial charge in [0.05, 0.1) is 5.03 Å². The molecule has 3 heteroatoms. The predicted octanol–water partition coefficient (Wildman–Crippen LogP) is 2.23. The molecule has 0 aromatic heterocycles. The van der Waals surface area contributed by atoms with Crippen molar-refractivity contribution in [3.63, 3.8) is 0 Å². The van der Waals surface area contributed by atoms with E-state index < -0.39 is 0 Å². The third-order valence-corrected chi connectivity index (χ3v) is 2.46. The lowest BCUT2D eigenvalue weighted by atomic mass is 9.80. The van der Waals surface area contributed by atoms with Gasteiger partial charge < -0.3 is 0 Å². The second-order valence-electron chi connectivity index (χ2n) is 3.84. The van der Waals surface area contributed by atoms with Gasteiger partial charge in [0.25, 0.3) is 0 Å². The molecule has 2 nitrogen and oxygen atoms in total. The first-order chi connectivity index (χ1) is 6.00. The molecule has 1 aliphatic carbocycles. The van der Waals surface area contributed by atoms with Crippen LogP contribution in [0.4, 0.5) is 0 Å². The number of aldehydes is 2. The molecular weight excluding hydrogens is 188 g/mol. The van der Waals surface area contributed by atoms with E-state index in [1.165, 1.54) is 0 Å². The Bertz CT molecular complexity index is 311. The van der Waals surface area contributed by atoms with Crippen LogP contribution >= 0.6 is 11.6 Å². The number of hydrogen-bond donors (Lipinski definition) is 0. The van der Waals surface area contributed by atoms with Crippen LogP contribution in [0, 0.1) is 5.41 Å². The van der Waals surface area contributed by atoms with Crippen LogP contribution in [0.1, 0.15) is 20.3 Å². The van der Waals surface area contributed by atoms with E-state index in [2.05, 4.69) is 0 Å². The van der Waals surface area contributed by atoms with Crippen molar-refractivity contribution in [2.75, 3.05) is 0 Å². The lowest BCUT2D eigenvalue weighted by Crippen LogP contribution is -2.16. The summed E-state index contributed by atoms with van der Waals surface area (Å²) in [5.41, 5.74) is 0.765. The molecule has 0 spiro atoms. The Morgan fingerprint density at radius 1 is 1.38 bits per heavy atom. The summed E-state index contributed by atoms with van der Waals surface area (Å²) in [6.07, 6.45) is 3.80. The molecule has 0 atom stereocenters. The van der Waals surface area contributed by atoms with Crippen LogP contribution < -0.4 is 0 Å². The summed E-state index contributed by atoms with van der Waals surface area (Å²) in [7, 11) is 0. The molecule has 0 N–H and O–H groups in total. The van der Waals surface area contributed by atoms with Crippen LogP contribution in [-0.4, -0.2) is 12.6 Å². The van der Waals surface area contributed by atoms with Crippen LogP contribution in [0.25, 0.3) is 0 Å². The first-order valence-electron chi connectivity index (χ1n) is 4.02. The van der Waals surface area contributed by atoms with Gasteiger partial charge in [0, 0.05) is 11.1 Å². The third-order valence-electron chi connectivity index (χ3n) is 2.00. The molecule has 0 amide bonds. The Labute approximate surface area is 82.3 Å². The van der Waals surface area contributed by atoms with E-state index in [-0.39, 0.29) is 5.41 Å². The molecule has 0 saturated heterocycles. The minimum atomic E-state index is -0.162. The van der Waals surface area contributed by atoms with E-state index in [0.717, 1.165) is 6.29 Å². The second kappa shape index (κ2) is 3.46. The number of allylic oxidation sites excluding steroid dienone is 4. The maximum Gasteiger partial charge on any atom is 0.151 e. The Kier molecular flexibility index (Phi) is 2.71. The zero-order valence-electron chi connectivity index (χ0n) is 7.63. The third kappa shape index (κ3) is 2.07. The van der Waals surface area contributed by atoms with E-state index in [0.29, 0.717) is 28.9 Å². The lowest BCUT2D eigenvalue weighted by Gasteiger charge is -2.25. The number of halogens is 1. The SMILES string of the molecule is CC1(C)C=C(C=O)C(Cl)=C(C=O)C1. The second-order valence-corrected chi connectivity index (χ2v) is 4.22. The van der Waals surface area contributed by atoms with Crippen LogP contribution in [0.2, 0.25) is 0 Å². The molecule has 1 aliphatic rings. The fourth-order valence-corrected chi connectivity index (χ4v) is 1.68. The molecule has 70 valence electrons. The average molecular weight is 199 g/mol. The van der Waals surface area contributed by atoms with Crippen molar-refractivity contribution in [3.8, 4) is 0 Å². The van der Waals surface area contributed by atoms with E-state index in [1.54, 1.807) is 6.08 Å². The Balaban J connectivity index is 3.18. The van der Waals surface area contributed by atoms with Crippen LogP contribution in [-0.2, 0) is 9.59 Å². The summed E-state index contributed by atoms with van der Waals surface area (Å²) in [4.78, 5) is 21.3. The number of rotatable bonds is 2. The van der Waals surface area contributed by atoms with Gasteiger partial charge in [-0.05, 0) is 11.8 Å². The maximum atomic E-state index is 10.6. The zero-order valence-corrected chi connectivity index (χ0v) is 8.39. The number of carbonyl (C=O) groups is 2. The Morgan fingerprint density at radius 2 is 2.00 bits per heavy atom. The first kappa shape index (κ1) is 10.2. The highest BCUT2D eigenvalue weighted by molar-refractivity contribution is 6.35. The largest absolute Gasteiger partial charge is 0.298 e. The molecule has 0 aromatic carbocycles. The highest BCUT2D eigenvalue weighted by atomic mass is 35.5. The number of hydrogen-bond acceptors (Lipinski definition) is 2. The van der Waals surface area contributed by atoms with Crippen LogP contribution in [0.5, 0.6) is 0 Å². The Hall–Kier alpha value is -0.890. The summed E-state index contributed by atoms with van der Waals surface area (Å²) < 4.78 is 0. The van der Waals surface area contributed by atoms with Gasteiger partial charge in [-0.1, -0.05) is 31.5 Å². The highest BCUT2D eigenvalue weighted by Crippen LogP contribution is 2.37. The lowest BCUT2D eigenvalue weighted by molar-refractivity contribution is -0.105. The predicted molar refractivity (Wildman–Crippen MR) is 51.5 cm³/mol. The Morgan fingerprint density at radius 3 is 2.46 bits per heavy atom. The molecule has 0 heterocycles. The molecule has 13 heavy (non-hydrogen) atoms. The summed E-state index contributed by atoms with van der Waals surface area (Å²) >= 11 is 5.83. The van der Waals surface area contributed by atoms with Crippen molar-refractivity contribution in [3.05, 3.63) is 22.3 Å². The first-order valence-corrected chi connectivity index (χ1v) is 4.40. The fraction of sp³-hybridized carbons (Fsp3) is 0.400. The van der Waals surface area contributed by atoms with E-state index >= 15 is 0 Å². The van der Waals surface area contributed by atoms with Gasteiger partial charge in [-0.3, -0.25) is 9.59 Å². The van der Waals surface area contributed by atoms with E-state index in [9.17, 15) is 9.59 Å². The van der Waals surface area contributed by atoms with Gasteiger partial charge in [0.1, 0.15) is 6.29 Å². The zero-order chi connectivity index (χ0) is 10.1. The van der Waals surface area contributed by atoms with Crippen molar-refractivity contribution in [2.24, 2.45) is 5.41 Å². The van der Waals surface area contributed by atoms with Crippen molar-refractivity contribution in [1.29, 1.82) is 0 Å². The minimum Gasteiger partial charge on any atom is -0.298 e. The molecule has 0 aromatic rings. The smallest absolute Gasteiger partial charge is 0.151 e. The standard InChI is InChI=1S/C10H11ClO2/c1-10(2)3-7(5-12)9(11)8(4-10)6-13/h3,5-6H,4H2,1-2H3. The topological polar surface area (TPSA) is 34.1 Å². The van der Waals surface area contributed by atoms with Crippen molar-refractivity contribution < 1.29 is 9.59 Å².